The second-order valence-corrected chi connectivity index (χ2v) is 5.27. The predicted molar refractivity (Wildman–Crippen MR) is 72.5 cm³/mol. The van der Waals surface area contributed by atoms with E-state index < -0.39 is 0 Å². The van der Waals surface area contributed by atoms with Crippen molar-refractivity contribution in [3.05, 3.63) is 28.2 Å². The van der Waals surface area contributed by atoms with Crippen molar-refractivity contribution in [1.82, 2.24) is 10.4 Å². The summed E-state index contributed by atoms with van der Waals surface area (Å²) in [5.41, 5.74) is 4.48. The molecular formula is C12H18BrN3O. The minimum Gasteiger partial charge on any atom is -0.368 e. The maximum atomic E-state index is 8.68. The second kappa shape index (κ2) is 5.82. The molecule has 0 atom stereocenters. The fourth-order valence-corrected chi connectivity index (χ4v) is 2.73. The Morgan fingerprint density at radius 2 is 2.00 bits per heavy atom. The lowest BCUT2D eigenvalue weighted by Gasteiger charge is -2.34. The minimum absolute atomic E-state index is 0.474. The van der Waals surface area contributed by atoms with Gasteiger partial charge in [-0.05, 0) is 40.7 Å². The number of anilines is 1. The van der Waals surface area contributed by atoms with E-state index >= 15 is 0 Å². The third-order valence-corrected chi connectivity index (χ3v) is 3.77. The first-order chi connectivity index (χ1) is 8.20. The first-order valence-corrected chi connectivity index (χ1v) is 6.59. The van der Waals surface area contributed by atoms with Crippen molar-refractivity contribution in [3.8, 4) is 0 Å². The van der Waals surface area contributed by atoms with Gasteiger partial charge in [0.05, 0.1) is 5.69 Å². The topological polar surface area (TPSA) is 38.7 Å². The third kappa shape index (κ3) is 3.19. The lowest BCUT2D eigenvalue weighted by molar-refractivity contribution is 0.161. The molecule has 4 nitrogen and oxygen atoms in total. The lowest BCUT2D eigenvalue weighted by atomic mass is 10.2. The molecule has 1 aromatic carbocycles. The number of piperazine rings is 1. The number of nitrogens with one attached hydrogen (secondary N) is 1. The molecule has 1 saturated heterocycles. The highest BCUT2D eigenvalue weighted by Crippen LogP contribution is 2.28. The number of halogens is 1. The van der Waals surface area contributed by atoms with Crippen LogP contribution in [0.1, 0.15) is 5.56 Å². The standard InChI is InChI=1S/C12H18BrN3O/c1-15-4-6-16(7-5-15)12-3-2-10(9-14-17)8-11(12)13/h2-3,8,14,17H,4-7,9H2,1H3. The van der Waals surface area contributed by atoms with Crippen molar-refractivity contribution in [2.45, 2.75) is 6.54 Å². The zero-order chi connectivity index (χ0) is 12.3. The Morgan fingerprint density at radius 3 is 2.59 bits per heavy atom. The fourth-order valence-electron chi connectivity index (χ4n) is 2.06. The summed E-state index contributed by atoms with van der Waals surface area (Å²) in [6.45, 7) is 4.81. The number of hydroxylamine groups is 1. The molecule has 0 aliphatic carbocycles. The van der Waals surface area contributed by atoms with Crippen LogP contribution in [-0.4, -0.2) is 43.3 Å². The van der Waals surface area contributed by atoms with Crippen LogP contribution in [0.3, 0.4) is 0 Å². The van der Waals surface area contributed by atoms with E-state index in [0.717, 1.165) is 36.2 Å². The molecule has 0 bridgehead atoms. The molecule has 0 unspecified atom stereocenters. The SMILES string of the molecule is CN1CCN(c2ccc(CNO)cc2Br)CC1. The summed E-state index contributed by atoms with van der Waals surface area (Å²) in [4.78, 5) is 4.73. The van der Waals surface area contributed by atoms with Gasteiger partial charge in [0.15, 0.2) is 0 Å². The van der Waals surface area contributed by atoms with Crippen LogP contribution in [-0.2, 0) is 6.54 Å². The Balaban J connectivity index is 2.10. The molecule has 0 spiro atoms. The molecule has 17 heavy (non-hydrogen) atoms. The van der Waals surface area contributed by atoms with E-state index in [1.807, 2.05) is 6.07 Å². The maximum absolute atomic E-state index is 8.68. The number of likely N-dealkylation sites (N-methyl/N-ethyl adjacent to an activating group) is 1. The number of nitrogens with zero attached hydrogens (tertiary/aromatic N) is 2. The summed E-state index contributed by atoms with van der Waals surface area (Å²) in [6.07, 6.45) is 0. The van der Waals surface area contributed by atoms with E-state index in [1.165, 1.54) is 5.69 Å². The zero-order valence-electron chi connectivity index (χ0n) is 9.99. The summed E-state index contributed by atoms with van der Waals surface area (Å²) < 4.78 is 1.09. The normalized spacial score (nSPS) is 17.5. The van der Waals surface area contributed by atoms with Gasteiger partial charge in [-0.3, -0.25) is 0 Å². The fraction of sp³-hybridized carbons (Fsp3) is 0.500. The molecule has 0 aromatic heterocycles. The van der Waals surface area contributed by atoms with E-state index in [4.69, 9.17) is 5.21 Å². The molecule has 2 N–H and O–H groups in total. The van der Waals surface area contributed by atoms with Gasteiger partial charge in [0.2, 0.25) is 0 Å². The van der Waals surface area contributed by atoms with Crippen LogP contribution in [0.2, 0.25) is 0 Å². The Bertz CT molecular complexity index is 378. The molecule has 5 heteroatoms. The van der Waals surface area contributed by atoms with Crippen LogP contribution in [0.15, 0.2) is 22.7 Å². The van der Waals surface area contributed by atoms with Crippen LogP contribution in [0.25, 0.3) is 0 Å². The van der Waals surface area contributed by atoms with Crippen molar-refractivity contribution in [3.63, 3.8) is 0 Å². The average Bonchev–Trinajstić information content (AvgIpc) is 2.31. The quantitative estimate of drug-likeness (QED) is 0.833. The maximum Gasteiger partial charge on any atom is 0.0511 e. The van der Waals surface area contributed by atoms with Crippen LogP contribution < -0.4 is 10.4 Å². The van der Waals surface area contributed by atoms with Gasteiger partial charge in [-0.15, -0.1) is 0 Å². The summed E-state index contributed by atoms with van der Waals surface area (Å²) in [7, 11) is 2.16. The van der Waals surface area contributed by atoms with E-state index in [1.54, 1.807) is 0 Å². The van der Waals surface area contributed by atoms with E-state index in [0.29, 0.717) is 6.54 Å². The van der Waals surface area contributed by atoms with Gasteiger partial charge >= 0.3 is 0 Å². The Hall–Kier alpha value is -0.620. The molecule has 0 radical (unpaired) electrons. The van der Waals surface area contributed by atoms with E-state index in [2.05, 4.69) is 50.4 Å². The van der Waals surface area contributed by atoms with Gasteiger partial charge < -0.3 is 15.0 Å². The highest BCUT2D eigenvalue weighted by atomic mass is 79.9. The van der Waals surface area contributed by atoms with Crippen molar-refractivity contribution < 1.29 is 5.21 Å². The van der Waals surface area contributed by atoms with Gasteiger partial charge in [-0.2, -0.15) is 0 Å². The van der Waals surface area contributed by atoms with Crippen LogP contribution in [0, 0.1) is 0 Å². The third-order valence-electron chi connectivity index (χ3n) is 3.14. The molecule has 2 rings (SSSR count). The monoisotopic (exact) mass is 299 g/mol. The van der Waals surface area contributed by atoms with Crippen molar-refractivity contribution in [2.75, 3.05) is 38.1 Å². The summed E-state index contributed by atoms with van der Waals surface area (Å²) in [5, 5.41) is 8.68. The van der Waals surface area contributed by atoms with E-state index in [9.17, 15) is 0 Å². The molecule has 1 aliphatic heterocycles. The van der Waals surface area contributed by atoms with Gasteiger partial charge in [0.1, 0.15) is 0 Å². The first kappa shape index (κ1) is 12.8. The molecular weight excluding hydrogens is 282 g/mol. The smallest absolute Gasteiger partial charge is 0.0511 e. The average molecular weight is 300 g/mol. The first-order valence-electron chi connectivity index (χ1n) is 5.79. The molecule has 1 aliphatic rings. The Kier molecular flexibility index (Phi) is 4.39. The highest BCUT2D eigenvalue weighted by Gasteiger charge is 2.16. The molecule has 94 valence electrons. The Labute approximate surface area is 110 Å². The minimum atomic E-state index is 0.474. The van der Waals surface area contributed by atoms with Crippen molar-refractivity contribution >= 4 is 21.6 Å². The molecule has 0 saturated carbocycles. The molecule has 1 heterocycles. The largest absolute Gasteiger partial charge is 0.368 e. The summed E-state index contributed by atoms with van der Waals surface area (Å²) in [6, 6.07) is 6.21. The van der Waals surface area contributed by atoms with Gasteiger partial charge in [0, 0.05) is 37.2 Å². The van der Waals surface area contributed by atoms with Gasteiger partial charge in [-0.25, -0.2) is 5.48 Å². The number of rotatable bonds is 3. The molecule has 0 amide bonds. The van der Waals surface area contributed by atoms with Crippen LogP contribution >= 0.6 is 15.9 Å². The molecule has 1 aromatic rings. The predicted octanol–water partition coefficient (Wildman–Crippen LogP) is 1.68. The van der Waals surface area contributed by atoms with Crippen LogP contribution in [0.4, 0.5) is 5.69 Å². The number of hydrogen-bond donors (Lipinski definition) is 2. The summed E-state index contributed by atoms with van der Waals surface area (Å²) in [5.74, 6) is 0. The Morgan fingerprint density at radius 1 is 1.29 bits per heavy atom. The number of benzene rings is 1. The van der Waals surface area contributed by atoms with Crippen molar-refractivity contribution in [2.24, 2.45) is 0 Å². The lowest BCUT2D eigenvalue weighted by Crippen LogP contribution is -2.44. The van der Waals surface area contributed by atoms with Crippen LogP contribution in [0.5, 0.6) is 0 Å². The molecule has 1 fully saturated rings. The highest BCUT2D eigenvalue weighted by molar-refractivity contribution is 9.10. The van der Waals surface area contributed by atoms with Gasteiger partial charge in [-0.1, -0.05) is 6.07 Å². The zero-order valence-corrected chi connectivity index (χ0v) is 11.6. The second-order valence-electron chi connectivity index (χ2n) is 4.41. The van der Waals surface area contributed by atoms with Gasteiger partial charge in [0.25, 0.3) is 0 Å². The summed E-state index contributed by atoms with van der Waals surface area (Å²) >= 11 is 3.60. The van der Waals surface area contributed by atoms with Crippen molar-refractivity contribution in [1.29, 1.82) is 0 Å². The van der Waals surface area contributed by atoms with E-state index in [-0.39, 0.29) is 0 Å². The number of hydrogen-bond acceptors (Lipinski definition) is 4.